The van der Waals surface area contributed by atoms with E-state index in [-0.39, 0.29) is 6.04 Å². The van der Waals surface area contributed by atoms with Crippen molar-refractivity contribution in [2.45, 2.75) is 25.8 Å². The van der Waals surface area contributed by atoms with Crippen molar-refractivity contribution in [3.63, 3.8) is 0 Å². The van der Waals surface area contributed by atoms with Crippen LogP contribution in [0.15, 0.2) is 53.9 Å². The number of thiophene rings is 1. The van der Waals surface area contributed by atoms with E-state index in [0.717, 1.165) is 18.7 Å². The minimum atomic E-state index is 0.0390. The van der Waals surface area contributed by atoms with Crippen LogP contribution in [-0.4, -0.2) is 25.3 Å². The second-order valence-electron chi connectivity index (χ2n) is 5.83. The van der Waals surface area contributed by atoms with Crippen molar-refractivity contribution < 1.29 is 0 Å². The van der Waals surface area contributed by atoms with Crippen molar-refractivity contribution in [1.29, 1.82) is 0 Å². The number of aromatic nitrogens is 5. The molecule has 1 N–H and O–H groups in total. The fraction of sp³-hybridized carbons (Fsp3) is 0.222. The topological polar surface area (TPSA) is 68.0 Å². The van der Waals surface area contributed by atoms with Crippen LogP contribution in [0.2, 0.25) is 0 Å². The van der Waals surface area contributed by atoms with Gasteiger partial charge in [0.2, 0.25) is 0 Å². The molecular weight excluding hydrogens is 332 g/mol. The van der Waals surface area contributed by atoms with E-state index >= 15 is 0 Å². The van der Waals surface area contributed by atoms with Gasteiger partial charge in [0.25, 0.3) is 0 Å². The third-order valence-corrected chi connectivity index (χ3v) is 4.98. The Hall–Kier alpha value is -2.80. The summed E-state index contributed by atoms with van der Waals surface area (Å²) >= 11 is 1.73. The molecule has 0 spiro atoms. The molecule has 3 heterocycles. The maximum atomic E-state index is 4.43. The molecule has 25 heavy (non-hydrogen) atoms. The highest BCUT2D eigenvalue weighted by atomic mass is 32.1. The molecule has 0 aliphatic rings. The van der Waals surface area contributed by atoms with Gasteiger partial charge in [-0.1, -0.05) is 43.7 Å². The minimum absolute atomic E-state index is 0.0390. The van der Waals surface area contributed by atoms with Gasteiger partial charge in [-0.3, -0.25) is 0 Å². The van der Waals surface area contributed by atoms with Gasteiger partial charge in [0.1, 0.15) is 5.82 Å². The van der Waals surface area contributed by atoms with E-state index in [2.05, 4.69) is 74.6 Å². The third kappa shape index (κ3) is 3.36. The van der Waals surface area contributed by atoms with Crippen molar-refractivity contribution in [2.75, 3.05) is 5.32 Å². The van der Waals surface area contributed by atoms with Crippen molar-refractivity contribution in [2.24, 2.45) is 0 Å². The summed E-state index contributed by atoms with van der Waals surface area (Å²) < 4.78 is 1.43. The molecule has 6 nitrogen and oxygen atoms in total. The minimum Gasteiger partial charge on any atom is -0.357 e. The van der Waals surface area contributed by atoms with Crippen LogP contribution in [0.5, 0.6) is 0 Å². The first kappa shape index (κ1) is 15.7. The zero-order valence-corrected chi connectivity index (χ0v) is 14.6. The number of anilines is 1. The molecule has 0 bridgehead atoms. The molecular formula is C18H18N6S. The summed E-state index contributed by atoms with van der Waals surface area (Å²) in [6, 6.07) is 16.8. The highest BCUT2D eigenvalue weighted by Crippen LogP contribution is 2.29. The first-order chi connectivity index (χ1) is 12.3. The number of nitrogens with zero attached hydrogens (tertiary/aromatic N) is 5. The number of hydrogen-bond acceptors (Lipinski definition) is 6. The average molecular weight is 350 g/mol. The van der Waals surface area contributed by atoms with Gasteiger partial charge >= 0.3 is 0 Å². The van der Waals surface area contributed by atoms with E-state index in [1.165, 1.54) is 20.6 Å². The van der Waals surface area contributed by atoms with Crippen LogP contribution in [0, 0.1) is 0 Å². The van der Waals surface area contributed by atoms with Gasteiger partial charge in [-0.15, -0.1) is 26.2 Å². The molecule has 7 heteroatoms. The zero-order chi connectivity index (χ0) is 17.1. The number of tetrazole rings is 1. The predicted molar refractivity (Wildman–Crippen MR) is 98.8 cm³/mol. The summed E-state index contributed by atoms with van der Waals surface area (Å²) in [6.07, 6.45) is 2.26. The van der Waals surface area contributed by atoms with E-state index in [1.54, 1.807) is 11.3 Å². The molecule has 0 radical (unpaired) electrons. The summed E-state index contributed by atoms with van der Waals surface area (Å²) in [5.41, 5.74) is 3.20. The summed E-state index contributed by atoms with van der Waals surface area (Å²) in [4.78, 5) is 1.24. The van der Waals surface area contributed by atoms with Gasteiger partial charge in [-0.05, 0) is 51.6 Å². The number of rotatable bonds is 6. The molecule has 0 aliphatic carbocycles. The Kier molecular flexibility index (Phi) is 4.39. The molecule has 0 saturated heterocycles. The smallest absolute Gasteiger partial charge is 0.200 e. The Morgan fingerprint density at radius 1 is 1.12 bits per heavy atom. The largest absolute Gasteiger partial charge is 0.357 e. The third-order valence-electron chi connectivity index (χ3n) is 4.04. The second-order valence-corrected chi connectivity index (χ2v) is 6.81. The van der Waals surface area contributed by atoms with Gasteiger partial charge in [0, 0.05) is 4.88 Å². The molecule has 3 aromatic heterocycles. The zero-order valence-electron chi connectivity index (χ0n) is 13.8. The van der Waals surface area contributed by atoms with Gasteiger partial charge in [0.15, 0.2) is 5.65 Å². The molecule has 4 aromatic rings. The van der Waals surface area contributed by atoms with Crippen LogP contribution in [0.3, 0.4) is 0 Å². The van der Waals surface area contributed by atoms with Crippen molar-refractivity contribution in [3.05, 3.63) is 69.9 Å². The Morgan fingerprint density at radius 2 is 2.00 bits per heavy atom. The Labute approximate surface area is 149 Å². The lowest BCUT2D eigenvalue weighted by Crippen LogP contribution is -2.13. The predicted octanol–water partition coefficient (Wildman–Crippen LogP) is 3.73. The van der Waals surface area contributed by atoms with Crippen LogP contribution in [0.25, 0.3) is 5.65 Å². The molecule has 126 valence electrons. The standard InChI is InChI=1S/C18H18N6S/c1-2-4-13-6-8-14(9-7-13)18(15-5-3-12-25-15)19-16-10-11-17-20-22-23-24(17)21-16/h3,5-12,18H,2,4H2,1H3,(H,19,21). The first-order valence-electron chi connectivity index (χ1n) is 8.27. The number of hydrogen-bond donors (Lipinski definition) is 1. The van der Waals surface area contributed by atoms with Gasteiger partial charge < -0.3 is 5.32 Å². The second kappa shape index (κ2) is 6.98. The van der Waals surface area contributed by atoms with Crippen molar-refractivity contribution >= 4 is 22.8 Å². The number of nitrogens with one attached hydrogen (secondary N) is 1. The SMILES string of the molecule is CCCc1ccc(C(Nc2ccc3nnnn3n2)c2cccs2)cc1. The summed E-state index contributed by atoms with van der Waals surface area (Å²) in [6.45, 7) is 2.20. The molecule has 0 fully saturated rings. The van der Waals surface area contributed by atoms with Crippen molar-refractivity contribution in [3.8, 4) is 0 Å². The Bertz CT molecular complexity index is 945. The molecule has 1 aromatic carbocycles. The van der Waals surface area contributed by atoms with E-state index in [9.17, 15) is 0 Å². The van der Waals surface area contributed by atoms with E-state index in [0.29, 0.717) is 5.65 Å². The number of benzene rings is 1. The fourth-order valence-corrected chi connectivity index (χ4v) is 3.62. The summed E-state index contributed by atoms with van der Waals surface area (Å²) in [5, 5.41) is 21.4. The van der Waals surface area contributed by atoms with Gasteiger partial charge in [-0.25, -0.2) is 0 Å². The molecule has 0 saturated carbocycles. The highest BCUT2D eigenvalue weighted by molar-refractivity contribution is 7.10. The van der Waals surface area contributed by atoms with Crippen LogP contribution in [-0.2, 0) is 6.42 Å². The normalized spacial score (nSPS) is 12.4. The molecule has 4 rings (SSSR count). The van der Waals surface area contributed by atoms with Crippen LogP contribution in [0.4, 0.5) is 5.82 Å². The molecule has 1 atom stereocenters. The monoisotopic (exact) mass is 350 g/mol. The lowest BCUT2D eigenvalue weighted by molar-refractivity contribution is 0.731. The quantitative estimate of drug-likeness (QED) is 0.574. The van der Waals surface area contributed by atoms with Gasteiger partial charge in [0.05, 0.1) is 6.04 Å². The molecule has 1 unspecified atom stereocenters. The van der Waals surface area contributed by atoms with Gasteiger partial charge in [-0.2, -0.15) is 0 Å². The Balaban J connectivity index is 1.66. The maximum Gasteiger partial charge on any atom is 0.200 e. The lowest BCUT2D eigenvalue weighted by atomic mass is 10.0. The van der Waals surface area contributed by atoms with E-state index < -0.39 is 0 Å². The molecule has 0 aliphatic heterocycles. The highest BCUT2D eigenvalue weighted by Gasteiger charge is 2.16. The summed E-state index contributed by atoms with van der Waals surface area (Å²) in [7, 11) is 0. The maximum absolute atomic E-state index is 4.43. The lowest BCUT2D eigenvalue weighted by Gasteiger charge is -2.19. The average Bonchev–Trinajstić information content (AvgIpc) is 3.32. The summed E-state index contributed by atoms with van der Waals surface area (Å²) in [5.74, 6) is 0.732. The van der Waals surface area contributed by atoms with E-state index in [4.69, 9.17) is 0 Å². The number of aryl methyl sites for hydroxylation is 1. The fourth-order valence-electron chi connectivity index (χ4n) is 2.81. The van der Waals surface area contributed by atoms with E-state index in [1.807, 2.05) is 12.1 Å². The molecule has 0 amide bonds. The van der Waals surface area contributed by atoms with Crippen LogP contribution >= 0.6 is 11.3 Å². The van der Waals surface area contributed by atoms with Crippen LogP contribution in [0.1, 0.15) is 35.4 Å². The Morgan fingerprint density at radius 3 is 2.76 bits per heavy atom. The first-order valence-corrected chi connectivity index (χ1v) is 9.15. The number of fused-ring (bicyclic) bond motifs is 1. The van der Waals surface area contributed by atoms with Crippen LogP contribution < -0.4 is 5.32 Å². The van der Waals surface area contributed by atoms with Crippen molar-refractivity contribution in [1.82, 2.24) is 25.3 Å².